The molecule has 5 rings (SSSR count). The molecule has 8 nitrogen and oxygen atoms in total. The third kappa shape index (κ3) is 5.80. The zero-order valence-corrected chi connectivity index (χ0v) is 23.6. The van der Waals surface area contributed by atoms with E-state index in [1.54, 1.807) is 37.4 Å². The fraction of sp³-hybridized carbons (Fsp3) is 0.121. The van der Waals surface area contributed by atoms with Crippen LogP contribution in [0.1, 0.15) is 21.5 Å². The van der Waals surface area contributed by atoms with Gasteiger partial charge in [-0.3, -0.25) is 19.1 Å². The molecule has 0 bridgehead atoms. The highest BCUT2D eigenvalue weighted by Gasteiger charge is 2.21. The Hall–Kier alpha value is -5.51. The minimum Gasteiger partial charge on any atom is -0.493 e. The van der Waals surface area contributed by atoms with Gasteiger partial charge in [0.15, 0.2) is 23.1 Å². The first-order valence-corrected chi connectivity index (χ1v) is 13.2. The standard InChI is InChI=1S/C33H27F2N3O5/c1-5-6-20-18-38(23-10-7-21(34)8-11-23)33(40)31(19(20)2)32(39)37-22-9-12-28(25(35)15-22)43-27-13-14-36-26-17-30(42-4)29(41-3)16-24(26)27/h5,7-18H,1,6H2,2-4H3,(H,37,39). The van der Waals surface area contributed by atoms with Crippen molar-refractivity contribution in [1.29, 1.82) is 0 Å². The van der Waals surface area contributed by atoms with Crippen molar-refractivity contribution in [2.75, 3.05) is 19.5 Å². The van der Waals surface area contributed by atoms with Gasteiger partial charge in [-0.25, -0.2) is 8.78 Å². The first kappa shape index (κ1) is 29.0. The SMILES string of the molecule is C=CCc1cn(-c2ccc(F)cc2)c(=O)c(C(=O)Nc2ccc(Oc3ccnc4cc(OC)c(OC)cc34)c(F)c2)c1C. The molecule has 0 saturated heterocycles. The predicted molar refractivity (Wildman–Crippen MR) is 160 cm³/mol. The van der Waals surface area contributed by atoms with Gasteiger partial charge in [0.25, 0.3) is 11.5 Å². The molecule has 5 aromatic rings. The normalized spacial score (nSPS) is 10.8. The summed E-state index contributed by atoms with van der Waals surface area (Å²) in [6, 6.07) is 14.2. The first-order chi connectivity index (χ1) is 20.7. The Morgan fingerprint density at radius 2 is 1.70 bits per heavy atom. The monoisotopic (exact) mass is 583 g/mol. The maximum atomic E-state index is 15.2. The van der Waals surface area contributed by atoms with Crippen LogP contribution in [0.25, 0.3) is 16.6 Å². The fourth-order valence-electron chi connectivity index (χ4n) is 4.68. The number of methoxy groups -OCH3 is 2. The Morgan fingerprint density at radius 3 is 2.37 bits per heavy atom. The predicted octanol–water partition coefficient (Wildman–Crippen LogP) is 6.76. The number of benzene rings is 3. The minimum absolute atomic E-state index is 0.0943. The summed E-state index contributed by atoms with van der Waals surface area (Å²) in [6.45, 7) is 5.41. The number of nitrogens with zero attached hydrogens (tertiary/aromatic N) is 2. The molecule has 0 saturated carbocycles. The quantitative estimate of drug-likeness (QED) is 0.193. The summed E-state index contributed by atoms with van der Waals surface area (Å²) in [7, 11) is 3.02. The van der Waals surface area contributed by atoms with Gasteiger partial charge in [0.1, 0.15) is 17.1 Å². The number of pyridine rings is 2. The number of carbonyl (C=O) groups excluding carboxylic acids is 1. The van der Waals surface area contributed by atoms with E-state index in [0.29, 0.717) is 51.4 Å². The van der Waals surface area contributed by atoms with E-state index >= 15 is 4.39 Å². The molecular formula is C33H27F2N3O5. The summed E-state index contributed by atoms with van der Waals surface area (Å²) in [5.74, 6) is -0.749. The number of hydrogen-bond donors (Lipinski definition) is 1. The van der Waals surface area contributed by atoms with E-state index in [2.05, 4.69) is 16.9 Å². The van der Waals surface area contributed by atoms with Gasteiger partial charge >= 0.3 is 0 Å². The summed E-state index contributed by atoms with van der Waals surface area (Å²) >= 11 is 0. The summed E-state index contributed by atoms with van der Waals surface area (Å²) in [5.41, 5.74) is 1.46. The molecule has 0 spiro atoms. The lowest BCUT2D eigenvalue weighted by Crippen LogP contribution is -2.30. The second-order valence-electron chi connectivity index (χ2n) is 9.53. The van der Waals surface area contributed by atoms with E-state index in [-0.39, 0.29) is 17.0 Å². The van der Waals surface area contributed by atoms with Crippen LogP contribution in [-0.4, -0.2) is 29.7 Å². The van der Waals surface area contributed by atoms with Crippen LogP contribution in [0, 0.1) is 18.6 Å². The molecule has 0 fully saturated rings. The van der Waals surface area contributed by atoms with Crippen molar-refractivity contribution in [3.8, 4) is 28.7 Å². The van der Waals surface area contributed by atoms with Gasteiger partial charge in [-0.2, -0.15) is 0 Å². The molecule has 0 unspecified atom stereocenters. The summed E-state index contributed by atoms with van der Waals surface area (Å²) in [5, 5.41) is 3.19. The number of rotatable bonds is 9. The highest BCUT2D eigenvalue weighted by atomic mass is 19.1. The van der Waals surface area contributed by atoms with Gasteiger partial charge < -0.3 is 19.5 Å². The number of anilines is 1. The number of allylic oxidation sites excluding steroid dienone is 1. The van der Waals surface area contributed by atoms with E-state index in [0.717, 1.165) is 6.07 Å². The van der Waals surface area contributed by atoms with Crippen molar-refractivity contribution in [3.05, 3.63) is 124 Å². The molecule has 43 heavy (non-hydrogen) atoms. The van der Waals surface area contributed by atoms with Crippen LogP contribution in [0.3, 0.4) is 0 Å². The molecule has 0 aliphatic rings. The second-order valence-corrected chi connectivity index (χ2v) is 9.53. The molecule has 0 aliphatic carbocycles. The van der Waals surface area contributed by atoms with Gasteiger partial charge in [-0.15, -0.1) is 6.58 Å². The number of ether oxygens (including phenoxy) is 3. The number of amides is 1. The van der Waals surface area contributed by atoms with Gasteiger partial charge in [-0.1, -0.05) is 6.08 Å². The molecule has 1 amide bonds. The van der Waals surface area contributed by atoms with Crippen LogP contribution in [0.4, 0.5) is 14.5 Å². The molecular weight excluding hydrogens is 556 g/mol. The highest BCUT2D eigenvalue weighted by Crippen LogP contribution is 2.37. The summed E-state index contributed by atoms with van der Waals surface area (Å²) in [6.07, 6.45) is 5.16. The third-order valence-corrected chi connectivity index (χ3v) is 6.89. The van der Waals surface area contributed by atoms with Crippen LogP contribution in [-0.2, 0) is 6.42 Å². The molecule has 218 valence electrons. The topological polar surface area (TPSA) is 91.7 Å². The molecule has 1 N–H and O–H groups in total. The van der Waals surface area contributed by atoms with Gasteiger partial charge in [0, 0.05) is 41.3 Å². The smallest absolute Gasteiger partial charge is 0.268 e. The zero-order chi connectivity index (χ0) is 30.7. The van der Waals surface area contributed by atoms with Crippen LogP contribution >= 0.6 is 0 Å². The Morgan fingerprint density at radius 1 is 0.977 bits per heavy atom. The molecule has 2 aromatic heterocycles. The number of fused-ring (bicyclic) bond motifs is 1. The van der Waals surface area contributed by atoms with Gasteiger partial charge in [-0.05, 0) is 73.0 Å². The Bertz CT molecular complexity index is 1920. The van der Waals surface area contributed by atoms with E-state index in [1.165, 1.54) is 61.4 Å². The Balaban J connectivity index is 1.45. The lowest BCUT2D eigenvalue weighted by Gasteiger charge is -2.16. The van der Waals surface area contributed by atoms with Crippen LogP contribution in [0.5, 0.6) is 23.0 Å². The average molecular weight is 584 g/mol. The number of hydrogen-bond acceptors (Lipinski definition) is 6. The van der Waals surface area contributed by atoms with Crippen LogP contribution in [0.15, 0.2) is 90.5 Å². The molecule has 0 radical (unpaired) electrons. The lowest BCUT2D eigenvalue weighted by atomic mass is 10.0. The number of aromatic nitrogens is 2. The van der Waals surface area contributed by atoms with Crippen molar-refractivity contribution in [3.63, 3.8) is 0 Å². The van der Waals surface area contributed by atoms with Crippen molar-refractivity contribution >= 4 is 22.5 Å². The molecule has 0 aliphatic heterocycles. The van der Waals surface area contributed by atoms with Crippen LogP contribution < -0.4 is 25.1 Å². The molecule has 10 heteroatoms. The third-order valence-electron chi connectivity index (χ3n) is 6.89. The summed E-state index contributed by atoms with van der Waals surface area (Å²) in [4.78, 5) is 31.2. The molecule has 3 aromatic carbocycles. The Kier molecular flexibility index (Phi) is 8.20. The fourth-order valence-corrected chi connectivity index (χ4v) is 4.68. The van der Waals surface area contributed by atoms with Crippen molar-refractivity contribution in [2.45, 2.75) is 13.3 Å². The largest absolute Gasteiger partial charge is 0.493 e. The highest BCUT2D eigenvalue weighted by molar-refractivity contribution is 6.05. The first-order valence-electron chi connectivity index (χ1n) is 13.2. The average Bonchev–Trinajstić information content (AvgIpc) is 3.00. The maximum Gasteiger partial charge on any atom is 0.268 e. The van der Waals surface area contributed by atoms with Crippen molar-refractivity contribution in [2.24, 2.45) is 0 Å². The van der Waals surface area contributed by atoms with Crippen molar-refractivity contribution < 1.29 is 27.8 Å². The van der Waals surface area contributed by atoms with Gasteiger partial charge in [0.05, 0.1) is 19.7 Å². The molecule has 0 atom stereocenters. The van der Waals surface area contributed by atoms with Crippen LogP contribution in [0.2, 0.25) is 0 Å². The second kappa shape index (κ2) is 12.2. The van der Waals surface area contributed by atoms with E-state index in [1.807, 2.05) is 0 Å². The number of halogens is 2. The number of nitrogens with one attached hydrogen (secondary N) is 1. The Labute approximate surface area is 245 Å². The minimum atomic E-state index is -0.746. The van der Waals surface area contributed by atoms with Crippen molar-refractivity contribution in [1.82, 2.24) is 9.55 Å². The summed E-state index contributed by atoms with van der Waals surface area (Å²) < 4.78 is 46.6. The maximum absolute atomic E-state index is 15.2. The van der Waals surface area contributed by atoms with Gasteiger partial charge in [0.2, 0.25) is 0 Å². The van der Waals surface area contributed by atoms with E-state index in [9.17, 15) is 14.0 Å². The molecule has 2 heterocycles. The lowest BCUT2D eigenvalue weighted by molar-refractivity contribution is 0.102. The van der Waals surface area contributed by atoms with E-state index in [4.69, 9.17) is 14.2 Å². The zero-order valence-electron chi connectivity index (χ0n) is 23.6. The number of carbonyl (C=O) groups is 1. The van der Waals surface area contributed by atoms with E-state index < -0.39 is 23.1 Å².